The number of hydrogen-bond acceptors (Lipinski definition) is 5. The summed E-state index contributed by atoms with van der Waals surface area (Å²) in [5.41, 5.74) is 2.78. The van der Waals surface area contributed by atoms with Crippen LogP contribution in [0.5, 0.6) is 0 Å². The van der Waals surface area contributed by atoms with Crippen molar-refractivity contribution in [2.24, 2.45) is 0 Å². The van der Waals surface area contributed by atoms with Crippen LogP contribution in [-0.2, 0) is 11.3 Å². The molecule has 1 aliphatic heterocycles. The summed E-state index contributed by atoms with van der Waals surface area (Å²) in [6.07, 6.45) is 2.41. The molecule has 2 amide bonds. The molecule has 7 heteroatoms. The molecule has 0 atom stereocenters. The molecular weight excluding hydrogens is 350 g/mol. The highest BCUT2D eigenvalue weighted by molar-refractivity contribution is 7.12. The number of nitrogens with zero attached hydrogens (tertiary/aromatic N) is 2. The van der Waals surface area contributed by atoms with Gasteiger partial charge < -0.3 is 19.9 Å². The first-order valence-corrected chi connectivity index (χ1v) is 9.49. The lowest BCUT2D eigenvalue weighted by Gasteiger charge is -2.24. The van der Waals surface area contributed by atoms with Crippen molar-refractivity contribution in [1.29, 1.82) is 0 Å². The van der Waals surface area contributed by atoms with E-state index < -0.39 is 5.97 Å². The van der Waals surface area contributed by atoms with E-state index in [1.54, 1.807) is 23.4 Å². The van der Waals surface area contributed by atoms with Crippen molar-refractivity contribution in [1.82, 2.24) is 4.90 Å². The lowest BCUT2D eigenvalue weighted by molar-refractivity contribution is 0.0607. The minimum Gasteiger partial charge on any atom is -0.465 e. The molecule has 3 rings (SSSR count). The van der Waals surface area contributed by atoms with Gasteiger partial charge in [-0.3, -0.25) is 0 Å². The summed E-state index contributed by atoms with van der Waals surface area (Å²) in [5, 5.41) is 4.55. The van der Waals surface area contributed by atoms with Gasteiger partial charge in [-0.05, 0) is 35.9 Å². The molecule has 0 radical (unpaired) electrons. The Morgan fingerprint density at radius 1 is 1.23 bits per heavy atom. The molecule has 6 nitrogen and oxygen atoms in total. The van der Waals surface area contributed by atoms with E-state index in [1.807, 2.05) is 12.1 Å². The van der Waals surface area contributed by atoms with Gasteiger partial charge in [-0.2, -0.15) is 0 Å². The molecule has 1 aromatic heterocycles. The normalized spacial score (nSPS) is 13.5. The molecule has 1 aromatic carbocycles. The van der Waals surface area contributed by atoms with Crippen LogP contribution in [-0.4, -0.2) is 44.1 Å². The topological polar surface area (TPSA) is 61.9 Å². The summed E-state index contributed by atoms with van der Waals surface area (Å²) >= 11 is 1.24. The first-order chi connectivity index (χ1) is 12.6. The van der Waals surface area contributed by atoms with Crippen LogP contribution in [0.15, 0.2) is 35.7 Å². The SMILES string of the molecule is COC(=O)c1sccc1NC(=O)N(C)Cc1ccccc1N1CCCC1. The zero-order valence-electron chi connectivity index (χ0n) is 15.0. The molecule has 0 saturated carbocycles. The second-order valence-electron chi connectivity index (χ2n) is 6.26. The highest BCUT2D eigenvalue weighted by atomic mass is 32.1. The Bertz CT molecular complexity index is 784. The van der Waals surface area contributed by atoms with E-state index in [2.05, 4.69) is 22.3 Å². The lowest BCUT2D eigenvalue weighted by Crippen LogP contribution is -2.32. The van der Waals surface area contributed by atoms with E-state index in [9.17, 15) is 9.59 Å². The molecule has 138 valence electrons. The number of urea groups is 1. The van der Waals surface area contributed by atoms with Gasteiger partial charge >= 0.3 is 12.0 Å². The summed E-state index contributed by atoms with van der Waals surface area (Å²) in [6.45, 7) is 2.62. The Labute approximate surface area is 157 Å². The maximum absolute atomic E-state index is 12.6. The number of para-hydroxylation sites is 1. The van der Waals surface area contributed by atoms with Gasteiger partial charge in [-0.15, -0.1) is 11.3 Å². The number of thiophene rings is 1. The minimum absolute atomic E-state index is 0.259. The monoisotopic (exact) mass is 373 g/mol. The van der Waals surface area contributed by atoms with Gasteiger partial charge in [0.1, 0.15) is 4.88 Å². The Morgan fingerprint density at radius 3 is 2.69 bits per heavy atom. The predicted octanol–water partition coefficient (Wildman–Crippen LogP) is 3.80. The standard InChI is InChI=1S/C19H23N3O3S/c1-21(19(24)20-15-9-12-26-17(15)18(23)25-2)13-14-7-3-4-8-16(14)22-10-5-6-11-22/h3-4,7-9,12H,5-6,10-11,13H2,1-2H3,(H,20,24). The van der Waals surface area contributed by atoms with Gasteiger partial charge in [0.2, 0.25) is 0 Å². The van der Waals surface area contributed by atoms with Gasteiger partial charge in [0.25, 0.3) is 0 Å². The van der Waals surface area contributed by atoms with Gasteiger partial charge in [0.15, 0.2) is 0 Å². The van der Waals surface area contributed by atoms with E-state index in [0.717, 1.165) is 18.7 Å². The van der Waals surface area contributed by atoms with Gasteiger partial charge in [0.05, 0.1) is 12.8 Å². The van der Waals surface area contributed by atoms with E-state index in [1.165, 1.54) is 37.0 Å². The average molecular weight is 373 g/mol. The van der Waals surface area contributed by atoms with Crippen molar-refractivity contribution in [2.45, 2.75) is 19.4 Å². The number of ether oxygens (including phenoxy) is 1. The largest absolute Gasteiger partial charge is 0.465 e. The number of rotatable bonds is 5. The molecule has 1 fully saturated rings. The maximum Gasteiger partial charge on any atom is 0.350 e. The van der Waals surface area contributed by atoms with Crippen molar-refractivity contribution in [3.8, 4) is 0 Å². The van der Waals surface area contributed by atoms with Crippen LogP contribution in [0.1, 0.15) is 28.1 Å². The Kier molecular flexibility index (Phi) is 5.78. The number of carbonyl (C=O) groups excluding carboxylic acids is 2. The van der Waals surface area contributed by atoms with E-state index in [4.69, 9.17) is 4.74 Å². The summed E-state index contributed by atoms with van der Waals surface area (Å²) in [5.74, 6) is -0.447. The number of hydrogen-bond donors (Lipinski definition) is 1. The van der Waals surface area contributed by atoms with Crippen LogP contribution in [0.4, 0.5) is 16.2 Å². The highest BCUT2D eigenvalue weighted by Crippen LogP contribution is 2.26. The van der Waals surface area contributed by atoms with E-state index >= 15 is 0 Å². The summed E-state index contributed by atoms with van der Waals surface area (Å²) < 4.78 is 4.75. The maximum atomic E-state index is 12.6. The third-order valence-corrected chi connectivity index (χ3v) is 5.36. The van der Waals surface area contributed by atoms with Crippen molar-refractivity contribution in [3.05, 3.63) is 46.2 Å². The fraction of sp³-hybridized carbons (Fsp3) is 0.368. The van der Waals surface area contributed by atoms with Crippen molar-refractivity contribution < 1.29 is 14.3 Å². The van der Waals surface area contributed by atoms with Crippen molar-refractivity contribution >= 4 is 34.7 Å². The third-order valence-electron chi connectivity index (χ3n) is 4.47. The number of carbonyl (C=O) groups is 2. The molecule has 2 aromatic rings. The smallest absolute Gasteiger partial charge is 0.350 e. The van der Waals surface area contributed by atoms with Crippen LogP contribution >= 0.6 is 11.3 Å². The summed E-state index contributed by atoms with van der Waals surface area (Å²) in [6, 6.07) is 9.65. The molecule has 0 aliphatic carbocycles. The minimum atomic E-state index is -0.447. The van der Waals surface area contributed by atoms with E-state index in [-0.39, 0.29) is 6.03 Å². The number of methoxy groups -OCH3 is 1. The molecule has 0 bridgehead atoms. The van der Waals surface area contributed by atoms with Gasteiger partial charge in [0, 0.05) is 32.4 Å². The van der Waals surface area contributed by atoms with Gasteiger partial charge in [-0.25, -0.2) is 9.59 Å². The van der Waals surface area contributed by atoms with Gasteiger partial charge in [-0.1, -0.05) is 18.2 Å². The quantitative estimate of drug-likeness (QED) is 0.810. The summed E-state index contributed by atoms with van der Waals surface area (Å²) in [4.78, 5) is 28.7. The fourth-order valence-electron chi connectivity index (χ4n) is 3.11. The third kappa shape index (κ3) is 3.99. The molecule has 0 unspecified atom stereocenters. The zero-order valence-corrected chi connectivity index (χ0v) is 15.8. The van der Waals surface area contributed by atoms with Crippen molar-refractivity contribution in [2.75, 3.05) is 37.5 Å². The summed E-state index contributed by atoms with van der Waals surface area (Å²) in [7, 11) is 3.08. The number of benzene rings is 1. The molecule has 1 aliphatic rings. The molecule has 26 heavy (non-hydrogen) atoms. The number of amides is 2. The molecule has 2 heterocycles. The van der Waals surface area contributed by atoms with Crippen LogP contribution in [0.25, 0.3) is 0 Å². The number of anilines is 2. The Morgan fingerprint density at radius 2 is 1.96 bits per heavy atom. The number of esters is 1. The zero-order chi connectivity index (χ0) is 18.5. The fourth-order valence-corrected chi connectivity index (χ4v) is 3.87. The second-order valence-corrected chi connectivity index (χ2v) is 7.18. The Hall–Kier alpha value is -2.54. The van der Waals surface area contributed by atoms with Crippen LogP contribution in [0, 0.1) is 0 Å². The highest BCUT2D eigenvalue weighted by Gasteiger charge is 2.20. The van der Waals surface area contributed by atoms with E-state index in [0.29, 0.717) is 17.1 Å². The average Bonchev–Trinajstić information content (AvgIpc) is 3.33. The molecular formula is C19H23N3O3S. The second kappa shape index (κ2) is 8.23. The predicted molar refractivity (Wildman–Crippen MR) is 104 cm³/mol. The first kappa shape index (κ1) is 18.3. The molecule has 1 N–H and O–H groups in total. The molecule has 0 spiro atoms. The number of nitrogens with one attached hydrogen (secondary N) is 1. The van der Waals surface area contributed by atoms with Crippen molar-refractivity contribution in [3.63, 3.8) is 0 Å². The lowest BCUT2D eigenvalue weighted by atomic mass is 10.1. The first-order valence-electron chi connectivity index (χ1n) is 8.61. The Balaban J connectivity index is 1.69. The van der Waals surface area contributed by atoms with Crippen LogP contribution in [0.2, 0.25) is 0 Å². The molecule has 1 saturated heterocycles. The van der Waals surface area contributed by atoms with Crippen LogP contribution in [0.3, 0.4) is 0 Å². The van der Waals surface area contributed by atoms with Crippen LogP contribution < -0.4 is 10.2 Å².